The van der Waals surface area contributed by atoms with Gasteiger partial charge in [0.25, 0.3) is 0 Å². The van der Waals surface area contributed by atoms with Gasteiger partial charge < -0.3 is 5.32 Å². The number of thiophene rings is 1. The largest absolute Gasteiger partial charge is 0.308 e. The van der Waals surface area contributed by atoms with Crippen LogP contribution in [0.25, 0.3) is 0 Å². The van der Waals surface area contributed by atoms with Crippen LogP contribution < -0.4 is 5.32 Å². The van der Waals surface area contributed by atoms with Gasteiger partial charge in [0.2, 0.25) is 0 Å². The van der Waals surface area contributed by atoms with Crippen molar-refractivity contribution < 1.29 is 0 Å². The summed E-state index contributed by atoms with van der Waals surface area (Å²) in [5.74, 6) is 1.01. The molecule has 20 heavy (non-hydrogen) atoms. The van der Waals surface area contributed by atoms with Crippen molar-refractivity contribution in [2.75, 3.05) is 19.6 Å². The Kier molecular flexibility index (Phi) is 5.14. The molecule has 0 amide bonds. The number of piperidine rings is 1. The van der Waals surface area contributed by atoms with Crippen LogP contribution in [0.1, 0.15) is 56.4 Å². The Bertz CT molecular complexity index is 388. The predicted molar refractivity (Wildman–Crippen MR) is 87.3 cm³/mol. The third kappa shape index (κ3) is 3.44. The van der Waals surface area contributed by atoms with Gasteiger partial charge in [-0.15, -0.1) is 11.3 Å². The van der Waals surface area contributed by atoms with Gasteiger partial charge in [0.1, 0.15) is 0 Å². The molecule has 0 radical (unpaired) electrons. The molecule has 1 N–H and O–H groups in total. The fraction of sp³-hybridized carbons (Fsp3) is 0.765. The van der Waals surface area contributed by atoms with Gasteiger partial charge in [-0.3, -0.25) is 4.90 Å². The molecule has 3 rings (SSSR count). The quantitative estimate of drug-likeness (QED) is 0.880. The maximum atomic E-state index is 3.70. The molecule has 0 bridgehead atoms. The molecule has 1 unspecified atom stereocenters. The summed E-state index contributed by atoms with van der Waals surface area (Å²) in [4.78, 5) is 4.24. The summed E-state index contributed by atoms with van der Waals surface area (Å²) in [6.45, 7) is 5.97. The first kappa shape index (κ1) is 14.6. The van der Waals surface area contributed by atoms with Crippen molar-refractivity contribution in [3.8, 4) is 0 Å². The maximum Gasteiger partial charge on any atom is 0.0386 e. The number of hydrogen-bond acceptors (Lipinski definition) is 3. The summed E-state index contributed by atoms with van der Waals surface area (Å²) in [5, 5.41) is 5.87. The van der Waals surface area contributed by atoms with Gasteiger partial charge in [-0.05, 0) is 56.5 Å². The predicted octanol–water partition coefficient (Wildman–Crippen LogP) is 4.05. The summed E-state index contributed by atoms with van der Waals surface area (Å²) < 4.78 is 0. The van der Waals surface area contributed by atoms with Gasteiger partial charge in [0, 0.05) is 30.1 Å². The molecule has 1 aliphatic heterocycles. The smallest absolute Gasteiger partial charge is 0.0386 e. The van der Waals surface area contributed by atoms with Crippen LogP contribution in [0, 0.1) is 5.92 Å². The second-order valence-corrected chi connectivity index (χ2v) is 7.46. The normalized spacial score (nSPS) is 29.1. The zero-order valence-corrected chi connectivity index (χ0v) is 13.5. The number of nitrogens with zero attached hydrogens (tertiary/aromatic N) is 1. The van der Waals surface area contributed by atoms with E-state index in [1.807, 2.05) is 11.3 Å². The van der Waals surface area contributed by atoms with E-state index in [2.05, 4.69) is 34.7 Å². The first-order valence-electron chi connectivity index (χ1n) is 8.35. The van der Waals surface area contributed by atoms with Crippen LogP contribution in [0.3, 0.4) is 0 Å². The Balaban J connectivity index is 1.45. The standard InChI is InChI=1S/C17H28N2S/c1-14(17-9-5-13-20-17)18-10-12-19-11-4-7-15-6-2-3-8-16(15)19/h5,9,13-16,18H,2-4,6-8,10-12H2,1H3/t14?,15-,16-/m1/s1. The van der Waals surface area contributed by atoms with Crippen LogP contribution in [0.2, 0.25) is 0 Å². The van der Waals surface area contributed by atoms with Crippen molar-refractivity contribution in [1.82, 2.24) is 10.2 Å². The first-order valence-corrected chi connectivity index (χ1v) is 9.23. The Morgan fingerprint density at radius 3 is 3.00 bits per heavy atom. The SMILES string of the molecule is CC(NCCN1CCC[C@H]2CCCC[C@H]21)c1cccs1. The lowest BCUT2D eigenvalue weighted by atomic mass is 9.78. The highest BCUT2D eigenvalue weighted by Gasteiger charge is 2.32. The zero-order chi connectivity index (χ0) is 13.8. The zero-order valence-electron chi connectivity index (χ0n) is 12.7. The highest BCUT2D eigenvalue weighted by atomic mass is 32.1. The minimum atomic E-state index is 0.502. The highest BCUT2D eigenvalue weighted by molar-refractivity contribution is 7.10. The molecule has 2 aliphatic rings. The number of nitrogens with one attached hydrogen (secondary N) is 1. The molecule has 3 heteroatoms. The molecule has 1 aromatic rings. The molecular weight excluding hydrogens is 264 g/mol. The monoisotopic (exact) mass is 292 g/mol. The van der Waals surface area contributed by atoms with Crippen LogP contribution in [0.15, 0.2) is 17.5 Å². The van der Waals surface area contributed by atoms with Crippen LogP contribution in [0.4, 0.5) is 0 Å². The second kappa shape index (κ2) is 7.06. The number of rotatable bonds is 5. The van der Waals surface area contributed by atoms with E-state index in [0.29, 0.717) is 6.04 Å². The summed E-state index contributed by atoms with van der Waals surface area (Å²) >= 11 is 1.86. The summed E-state index contributed by atoms with van der Waals surface area (Å²) in [6.07, 6.45) is 8.77. The molecule has 1 saturated carbocycles. The van der Waals surface area contributed by atoms with Crippen molar-refractivity contribution in [2.24, 2.45) is 5.92 Å². The summed E-state index contributed by atoms with van der Waals surface area (Å²) in [5.41, 5.74) is 0. The van der Waals surface area contributed by atoms with Crippen LogP contribution in [-0.4, -0.2) is 30.6 Å². The van der Waals surface area contributed by atoms with Crippen LogP contribution in [0.5, 0.6) is 0 Å². The van der Waals surface area contributed by atoms with E-state index in [-0.39, 0.29) is 0 Å². The van der Waals surface area contributed by atoms with Crippen molar-refractivity contribution in [3.63, 3.8) is 0 Å². The second-order valence-electron chi connectivity index (χ2n) is 6.48. The van der Waals surface area contributed by atoms with Gasteiger partial charge >= 0.3 is 0 Å². The first-order chi connectivity index (χ1) is 9.84. The third-order valence-corrected chi connectivity index (χ3v) is 6.23. The Hall–Kier alpha value is -0.380. The Morgan fingerprint density at radius 2 is 2.15 bits per heavy atom. The Labute approximate surface area is 127 Å². The van der Waals surface area contributed by atoms with Gasteiger partial charge in [-0.1, -0.05) is 18.9 Å². The number of fused-ring (bicyclic) bond motifs is 1. The van der Waals surface area contributed by atoms with E-state index in [4.69, 9.17) is 0 Å². The van der Waals surface area contributed by atoms with Crippen molar-refractivity contribution >= 4 is 11.3 Å². The van der Waals surface area contributed by atoms with E-state index >= 15 is 0 Å². The average molecular weight is 292 g/mol. The third-order valence-electron chi connectivity index (χ3n) is 5.18. The molecular formula is C17H28N2S. The minimum Gasteiger partial charge on any atom is -0.308 e. The topological polar surface area (TPSA) is 15.3 Å². The Morgan fingerprint density at radius 1 is 1.30 bits per heavy atom. The lowest BCUT2D eigenvalue weighted by Crippen LogP contribution is -2.48. The molecule has 2 fully saturated rings. The number of likely N-dealkylation sites (tertiary alicyclic amines) is 1. The lowest BCUT2D eigenvalue weighted by molar-refractivity contribution is 0.0614. The summed E-state index contributed by atoms with van der Waals surface area (Å²) in [6, 6.07) is 5.79. The van der Waals surface area contributed by atoms with Gasteiger partial charge in [-0.25, -0.2) is 0 Å². The molecule has 1 aliphatic carbocycles. The molecule has 112 valence electrons. The van der Waals surface area contributed by atoms with E-state index < -0.39 is 0 Å². The molecule has 1 saturated heterocycles. The van der Waals surface area contributed by atoms with Crippen molar-refractivity contribution in [1.29, 1.82) is 0 Å². The van der Waals surface area contributed by atoms with E-state index in [1.165, 1.54) is 56.5 Å². The molecule has 1 aromatic heterocycles. The molecule has 0 spiro atoms. The number of hydrogen-bond donors (Lipinski definition) is 1. The van der Waals surface area contributed by atoms with Crippen molar-refractivity contribution in [3.05, 3.63) is 22.4 Å². The molecule has 2 nitrogen and oxygen atoms in total. The minimum absolute atomic E-state index is 0.502. The van der Waals surface area contributed by atoms with E-state index in [1.54, 1.807) is 0 Å². The van der Waals surface area contributed by atoms with Crippen LogP contribution in [-0.2, 0) is 0 Å². The highest BCUT2D eigenvalue weighted by Crippen LogP contribution is 2.34. The molecule has 2 heterocycles. The summed E-state index contributed by atoms with van der Waals surface area (Å²) in [7, 11) is 0. The van der Waals surface area contributed by atoms with E-state index in [0.717, 1.165) is 18.5 Å². The van der Waals surface area contributed by atoms with E-state index in [9.17, 15) is 0 Å². The van der Waals surface area contributed by atoms with Gasteiger partial charge in [0.15, 0.2) is 0 Å². The van der Waals surface area contributed by atoms with Gasteiger partial charge in [0.05, 0.1) is 0 Å². The fourth-order valence-corrected chi connectivity index (χ4v) is 4.83. The average Bonchev–Trinajstić information content (AvgIpc) is 3.02. The van der Waals surface area contributed by atoms with Crippen LogP contribution >= 0.6 is 11.3 Å². The fourth-order valence-electron chi connectivity index (χ4n) is 4.07. The lowest BCUT2D eigenvalue weighted by Gasteiger charge is -2.44. The molecule has 0 aromatic carbocycles. The maximum absolute atomic E-state index is 3.70. The molecule has 3 atom stereocenters. The van der Waals surface area contributed by atoms with Gasteiger partial charge in [-0.2, -0.15) is 0 Å². The van der Waals surface area contributed by atoms with Crippen molar-refractivity contribution in [2.45, 2.75) is 57.5 Å².